The molecule has 1 aromatic carbocycles. The van der Waals surface area contributed by atoms with Crippen LogP contribution in [0.5, 0.6) is 0 Å². The van der Waals surface area contributed by atoms with Crippen molar-refractivity contribution in [3.05, 3.63) is 58.7 Å². The zero-order chi connectivity index (χ0) is 20.8. The van der Waals surface area contributed by atoms with Crippen LogP contribution in [0.3, 0.4) is 0 Å². The van der Waals surface area contributed by atoms with Crippen LogP contribution >= 0.6 is 0 Å². The van der Waals surface area contributed by atoms with E-state index in [4.69, 9.17) is 8.83 Å². The molecule has 2 N–H and O–H groups in total. The third-order valence-corrected chi connectivity index (χ3v) is 4.51. The van der Waals surface area contributed by atoms with E-state index in [0.29, 0.717) is 24.7 Å². The third kappa shape index (κ3) is 4.85. The van der Waals surface area contributed by atoms with Gasteiger partial charge in [-0.1, -0.05) is 19.1 Å². The zero-order valence-corrected chi connectivity index (χ0v) is 16.1. The molecule has 29 heavy (non-hydrogen) atoms. The van der Waals surface area contributed by atoms with Crippen molar-refractivity contribution in [3.63, 3.8) is 0 Å². The largest absolute Gasteiger partial charge is 0.459 e. The maximum atomic E-state index is 12.7. The van der Waals surface area contributed by atoms with E-state index in [-0.39, 0.29) is 23.2 Å². The summed E-state index contributed by atoms with van der Waals surface area (Å²) < 4.78 is 10.9. The molecule has 2 atom stereocenters. The lowest BCUT2D eigenvalue weighted by atomic mass is 10.2. The van der Waals surface area contributed by atoms with Gasteiger partial charge in [-0.3, -0.25) is 14.9 Å². The SMILES string of the molecule is CCC[NH+](Cc1nnc(-c2ccco2)o1)[C@H](C)C(=O)Nc1ccccc1[N+](=O)[O-]. The van der Waals surface area contributed by atoms with Crippen LogP contribution in [0.4, 0.5) is 11.4 Å². The third-order valence-electron chi connectivity index (χ3n) is 4.51. The van der Waals surface area contributed by atoms with Gasteiger partial charge < -0.3 is 19.1 Å². The van der Waals surface area contributed by atoms with Gasteiger partial charge in [0.05, 0.1) is 17.7 Å². The Labute approximate surface area is 166 Å². The summed E-state index contributed by atoms with van der Waals surface area (Å²) in [5, 5.41) is 21.8. The van der Waals surface area contributed by atoms with Gasteiger partial charge in [0.2, 0.25) is 0 Å². The van der Waals surface area contributed by atoms with Gasteiger partial charge in [0.15, 0.2) is 18.3 Å². The highest BCUT2D eigenvalue weighted by Gasteiger charge is 2.28. The van der Waals surface area contributed by atoms with E-state index in [2.05, 4.69) is 15.5 Å². The van der Waals surface area contributed by atoms with E-state index in [1.807, 2.05) is 6.92 Å². The highest BCUT2D eigenvalue weighted by atomic mass is 16.6. The number of quaternary nitrogens is 1. The molecule has 0 aliphatic rings. The number of rotatable bonds is 9. The lowest BCUT2D eigenvalue weighted by Crippen LogP contribution is -3.15. The van der Waals surface area contributed by atoms with Crippen molar-refractivity contribution in [2.24, 2.45) is 0 Å². The number of furan rings is 1. The number of para-hydroxylation sites is 2. The van der Waals surface area contributed by atoms with E-state index in [0.717, 1.165) is 11.3 Å². The fourth-order valence-electron chi connectivity index (χ4n) is 2.96. The molecule has 0 saturated heterocycles. The first kappa shape index (κ1) is 20.2. The number of benzene rings is 1. The van der Waals surface area contributed by atoms with Crippen molar-refractivity contribution in [1.29, 1.82) is 0 Å². The number of hydrogen-bond acceptors (Lipinski definition) is 7. The smallest absolute Gasteiger partial charge is 0.292 e. The van der Waals surface area contributed by atoms with E-state index in [1.54, 1.807) is 31.2 Å². The molecule has 2 heterocycles. The van der Waals surface area contributed by atoms with Gasteiger partial charge in [0.25, 0.3) is 23.4 Å². The van der Waals surface area contributed by atoms with Crippen molar-refractivity contribution in [2.45, 2.75) is 32.9 Å². The second-order valence-corrected chi connectivity index (χ2v) is 6.55. The van der Waals surface area contributed by atoms with Crippen molar-refractivity contribution in [2.75, 3.05) is 11.9 Å². The predicted molar refractivity (Wildman–Crippen MR) is 103 cm³/mol. The van der Waals surface area contributed by atoms with Crippen LogP contribution in [-0.4, -0.2) is 33.6 Å². The van der Waals surface area contributed by atoms with Crippen LogP contribution in [0.25, 0.3) is 11.7 Å². The summed E-state index contributed by atoms with van der Waals surface area (Å²) >= 11 is 0. The van der Waals surface area contributed by atoms with Gasteiger partial charge in [-0.25, -0.2) is 0 Å². The summed E-state index contributed by atoms with van der Waals surface area (Å²) in [5.74, 6) is 0.805. The minimum Gasteiger partial charge on any atom is -0.459 e. The highest BCUT2D eigenvalue weighted by molar-refractivity contribution is 5.95. The fourth-order valence-corrected chi connectivity index (χ4v) is 2.96. The van der Waals surface area contributed by atoms with Gasteiger partial charge in [-0.15, -0.1) is 10.2 Å². The highest BCUT2D eigenvalue weighted by Crippen LogP contribution is 2.23. The molecule has 10 nitrogen and oxygen atoms in total. The van der Waals surface area contributed by atoms with Crippen molar-refractivity contribution in [3.8, 4) is 11.7 Å². The number of carbonyl (C=O) groups excluding carboxylic acids is 1. The van der Waals surface area contributed by atoms with E-state index in [9.17, 15) is 14.9 Å². The minimum absolute atomic E-state index is 0.148. The first-order valence-electron chi connectivity index (χ1n) is 9.24. The van der Waals surface area contributed by atoms with Crippen LogP contribution in [0.15, 0.2) is 51.5 Å². The Kier molecular flexibility index (Phi) is 6.35. The summed E-state index contributed by atoms with van der Waals surface area (Å²) in [6.45, 7) is 4.80. The van der Waals surface area contributed by atoms with E-state index < -0.39 is 11.0 Å². The quantitative estimate of drug-likeness (QED) is 0.415. The van der Waals surface area contributed by atoms with Gasteiger partial charge in [0, 0.05) is 6.07 Å². The molecule has 0 aliphatic carbocycles. The number of amides is 1. The predicted octanol–water partition coefficient (Wildman–Crippen LogP) is 2.06. The Morgan fingerprint density at radius 1 is 1.28 bits per heavy atom. The van der Waals surface area contributed by atoms with Gasteiger partial charge in [-0.2, -0.15) is 0 Å². The minimum atomic E-state index is -0.522. The number of anilines is 1. The van der Waals surface area contributed by atoms with Crippen LogP contribution in [0.2, 0.25) is 0 Å². The molecule has 2 aromatic heterocycles. The van der Waals surface area contributed by atoms with E-state index >= 15 is 0 Å². The van der Waals surface area contributed by atoms with Crippen LogP contribution < -0.4 is 10.2 Å². The normalized spacial score (nSPS) is 13.0. The van der Waals surface area contributed by atoms with Gasteiger partial charge in [0.1, 0.15) is 5.69 Å². The Morgan fingerprint density at radius 2 is 2.07 bits per heavy atom. The molecule has 3 rings (SSSR count). The van der Waals surface area contributed by atoms with Crippen LogP contribution in [0, 0.1) is 10.1 Å². The molecule has 1 amide bonds. The maximum Gasteiger partial charge on any atom is 0.292 e. The Hall–Kier alpha value is -3.53. The zero-order valence-electron chi connectivity index (χ0n) is 16.1. The average molecular weight is 400 g/mol. The van der Waals surface area contributed by atoms with E-state index in [1.165, 1.54) is 18.4 Å². The first-order valence-corrected chi connectivity index (χ1v) is 9.24. The standard InChI is InChI=1S/C19H21N5O5/c1-3-10-23(12-17-21-22-19(29-17)16-9-6-11-28-16)13(2)18(25)20-14-7-4-5-8-15(14)24(26)27/h4-9,11,13H,3,10,12H2,1-2H3,(H,20,25)/p+1/t13-/m1/s1. The maximum absolute atomic E-state index is 12.7. The Bertz CT molecular complexity index is 969. The number of nitro benzene ring substituents is 1. The second-order valence-electron chi connectivity index (χ2n) is 6.55. The molecule has 10 heteroatoms. The molecule has 3 aromatic rings. The molecular weight excluding hydrogens is 378 g/mol. The lowest BCUT2D eigenvalue weighted by molar-refractivity contribution is -0.928. The summed E-state index contributed by atoms with van der Waals surface area (Å²) in [6, 6.07) is 9.01. The lowest BCUT2D eigenvalue weighted by Gasteiger charge is -2.23. The Morgan fingerprint density at radius 3 is 2.76 bits per heavy atom. The number of nitrogens with zero attached hydrogens (tertiary/aromatic N) is 3. The summed E-state index contributed by atoms with van der Waals surface area (Å²) in [7, 11) is 0. The van der Waals surface area contributed by atoms with Crippen LogP contribution in [0.1, 0.15) is 26.2 Å². The molecular formula is C19H22N5O5+. The van der Waals surface area contributed by atoms with Crippen LogP contribution in [-0.2, 0) is 11.3 Å². The first-order chi connectivity index (χ1) is 14.0. The summed E-state index contributed by atoms with van der Waals surface area (Å²) in [4.78, 5) is 24.3. The summed E-state index contributed by atoms with van der Waals surface area (Å²) in [6.07, 6.45) is 2.35. The number of carbonyl (C=O) groups is 1. The monoisotopic (exact) mass is 400 g/mol. The molecule has 0 bridgehead atoms. The Balaban J connectivity index is 1.71. The van der Waals surface area contributed by atoms with Crippen molar-refractivity contribution in [1.82, 2.24) is 10.2 Å². The van der Waals surface area contributed by atoms with Crippen molar-refractivity contribution >= 4 is 17.3 Å². The molecule has 1 unspecified atom stereocenters. The molecule has 0 fully saturated rings. The second kappa shape index (κ2) is 9.11. The number of nitro groups is 1. The molecule has 152 valence electrons. The summed E-state index contributed by atoms with van der Waals surface area (Å²) in [5.41, 5.74) is 0.0215. The molecule has 0 spiro atoms. The van der Waals surface area contributed by atoms with Crippen molar-refractivity contribution < 1.29 is 23.5 Å². The fraction of sp³-hybridized carbons (Fsp3) is 0.316. The molecule has 0 saturated carbocycles. The number of aromatic nitrogens is 2. The number of nitrogens with one attached hydrogen (secondary N) is 2. The molecule has 0 aliphatic heterocycles. The number of hydrogen-bond donors (Lipinski definition) is 2. The molecule has 0 radical (unpaired) electrons. The average Bonchev–Trinajstić information content (AvgIpc) is 3.39. The van der Waals surface area contributed by atoms with Gasteiger partial charge >= 0.3 is 0 Å². The topological polar surface area (TPSA) is 129 Å². The van der Waals surface area contributed by atoms with Gasteiger partial charge in [-0.05, 0) is 31.5 Å².